The number of ether oxygens (including phenoxy) is 3. The lowest BCUT2D eigenvalue weighted by atomic mass is 10.1. The van der Waals surface area contributed by atoms with E-state index >= 15 is 0 Å². The summed E-state index contributed by atoms with van der Waals surface area (Å²) in [6.45, 7) is 4.35. The largest absolute Gasteiger partial charge is 0.493 e. The molecular weight excluding hydrogens is 394 g/mol. The Morgan fingerprint density at radius 1 is 1.06 bits per heavy atom. The number of benzene rings is 2. The molecule has 2 aromatic carbocycles. The van der Waals surface area contributed by atoms with Gasteiger partial charge >= 0.3 is 6.03 Å². The van der Waals surface area contributed by atoms with Crippen LogP contribution in [0.4, 0.5) is 4.79 Å². The lowest BCUT2D eigenvalue weighted by Crippen LogP contribution is -2.27. The van der Waals surface area contributed by atoms with Crippen molar-refractivity contribution < 1.29 is 19.0 Å². The molecular formula is C24H33N3O4. The molecule has 1 heterocycles. The molecule has 0 radical (unpaired) electrons. The lowest BCUT2D eigenvalue weighted by molar-refractivity contribution is 0.156. The Bertz CT molecular complexity index is 831. The SMILES string of the molecule is COCCN(C)CCCOc1ccc(CN2C[C@H](c3ccccc3)NC2=O)cc1OC. The van der Waals surface area contributed by atoms with Gasteiger partial charge in [0.15, 0.2) is 11.5 Å². The molecule has 1 aliphatic rings. The predicted octanol–water partition coefficient (Wildman–Crippen LogP) is 3.31. The molecule has 0 spiro atoms. The zero-order valence-electron chi connectivity index (χ0n) is 18.7. The van der Waals surface area contributed by atoms with E-state index in [0.717, 1.165) is 43.0 Å². The number of carbonyl (C=O) groups is 1. The van der Waals surface area contributed by atoms with E-state index in [1.807, 2.05) is 53.4 Å². The quantitative estimate of drug-likeness (QED) is 0.527. The second-order valence-electron chi connectivity index (χ2n) is 7.78. The Morgan fingerprint density at radius 2 is 1.87 bits per heavy atom. The number of nitrogens with zero attached hydrogens (tertiary/aromatic N) is 2. The van der Waals surface area contributed by atoms with Gasteiger partial charge in [0.1, 0.15) is 0 Å². The highest BCUT2D eigenvalue weighted by Crippen LogP contribution is 2.30. The first-order valence-corrected chi connectivity index (χ1v) is 10.7. The van der Waals surface area contributed by atoms with E-state index < -0.39 is 0 Å². The van der Waals surface area contributed by atoms with Gasteiger partial charge in [-0.3, -0.25) is 0 Å². The van der Waals surface area contributed by atoms with Crippen molar-refractivity contribution in [2.45, 2.75) is 19.0 Å². The van der Waals surface area contributed by atoms with Gasteiger partial charge in [-0.1, -0.05) is 36.4 Å². The van der Waals surface area contributed by atoms with Crippen LogP contribution < -0.4 is 14.8 Å². The van der Waals surface area contributed by atoms with E-state index in [1.54, 1.807) is 14.2 Å². The van der Waals surface area contributed by atoms with Gasteiger partial charge in [-0.2, -0.15) is 0 Å². The number of nitrogens with one attached hydrogen (secondary N) is 1. The Kier molecular flexibility index (Phi) is 8.55. The van der Waals surface area contributed by atoms with Crippen LogP contribution in [0.1, 0.15) is 23.6 Å². The van der Waals surface area contributed by atoms with Crippen molar-refractivity contribution >= 4 is 6.03 Å². The number of carbonyl (C=O) groups excluding carboxylic acids is 1. The van der Waals surface area contributed by atoms with Crippen molar-refractivity contribution in [2.24, 2.45) is 0 Å². The Labute approximate surface area is 184 Å². The smallest absolute Gasteiger partial charge is 0.318 e. The average molecular weight is 428 g/mol. The zero-order chi connectivity index (χ0) is 22.1. The van der Waals surface area contributed by atoms with Gasteiger partial charge in [0, 0.05) is 33.3 Å². The Balaban J connectivity index is 1.52. The maximum Gasteiger partial charge on any atom is 0.318 e. The summed E-state index contributed by atoms with van der Waals surface area (Å²) in [7, 11) is 5.42. The van der Waals surface area contributed by atoms with Gasteiger partial charge in [-0.15, -0.1) is 0 Å². The third-order valence-electron chi connectivity index (χ3n) is 5.41. The van der Waals surface area contributed by atoms with E-state index in [9.17, 15) is 4.79 Å². The molecule has 0 aliphatic carbocycles. The highest BCUT2D eigenvalue weighted by atomic mass is 16.5. The fourth-order valence-electron chi connectivity index (χ4n) is 3.63. The predicted molar refractivity (Wildman–Crippen MR) is 121 cm³/mol. The molecule has 0 bridgehead atoms. The minimum Gasteiger partial charge on any atom is -0.493 e. The third-order valence-corrected chi connectivity index (χ3v) is 5.41. The molecule has 31 heavy (non-hydrogen) atoms. The van der Waals surface area contributed by atoms with Crippen molar-refractivity contribution in [2.75, 3.05) is 54.1 Å². The Morgan fingerprint density at radius 3 is 2.61 bits per heavy atom. The molecule has 7 heteroatoms. The van der Waals surface area contributed by atoms with Gasteiger partial charge in [0.2, 0.25) is 0 Å². The number of hydrogen-bond acceptors (Lipinski definition) is 5. The van der Waals surface area contributed by atoms with Crippen LogP contribution in [-0.2, 0) is 11.3 Å². The van der Waals surface area contributed by atoms with Crippen LogP contribution in [0.5, 0.6) is 11.5 Å². The van der Waals surface area contributed by atoms with Crippen LogP contribution >= 0.6 is 0 Å². The number of amides is 2. The molecule has 1 atom stereocenters. The molecule has 2 aromatic rings. The Hall–Kier alpha value is -2.77. The van der Waals surface area contributed by atoms with E-state index in [1.165, 1.54) is 0 Å². The van der Waals surface area contributed by atoms with Crippen molar-refractivity contribution in [3.8, 4) is 11.5 Å². The van der Waals surface area contributed by atoms with Gasteiger partial charge in [0.25, 0.3) is 0 Å². The number of hydrogen-bond donors (Lipinski definition) is 1. The van der Waals surface area contributed by atoms with Crippen molar-refractivity contribution in [1.82, 2.24) is 15.1 Å². The lowest BCUT2D eigenvalue weighted by Gasteiger charge is -2.18. The summed E-state index contributed by atoms with van der Waals surface area (Å²) in [5, 5.41) is 3.06. The summed E-state index contributed by atoms with van der Waals surface area (Å²) in [6, 6.07) is 15.9. The maximum absolute atomic E-state index is 12.4. The second-order valence-corrected chi connectivity index (χ2v) is 7.78. The van der Waals surface area contributed by atoms with Crippen LogP contribution in [0.2, 0.25) is 0 Å². The number of methoxy groups -OCH3 is 2. The minimum absolute atomic E-state index is 0.0141. The molecule has 0 saturated carbocycles. The van der Waals surface area contributed by atoms with Crippen molar-refractivity contribution in [3.63, 3.8) is 0 Å². The molecule has 1 N–H and O–H groups in total. The van der Waals surface area contributed by atoms with Gasteiger partial charge in [0.05, 0.1) is 26.4 Å². The summed E-state index contributed by atoms with van der Waals surface area (Å²) >= 11 is 0. The molecule has 0 unspecified atom stereocenters. The molecule has 168 valence electrons. The van der Waals surface area contributed by atoms with Crippen LogP contribution in [0.15, 0.2) is 48.5 Å². The van der Waals surface area contributed by atoms with E-state index in [-0.39, 0.29) is 12.1 Å². The normalized spacial score (nSPS) is 15.9. The van der Waals surface area contributed by atoms with Crippen LogP contribution in [-0.4, -0.2) is 69.9 Å². The monoisotopic (exact) mass is 427 g/mol. The molecule has 0 aromatic heterocycles. The number of urea groups is 1. The average Bonchev–Trinajstić information content (AvgIpc) is 3.16. The molecule has 7 nitrogen and oxygen atoms in total. The highest BCUT2D eigenvalue weighted by molar-refractivity contribution is 5.77. The first kappa shape index (κ1) is 22.9. The van der Waals surface area contributed by atoms with Crippen LogP contribution in [0.25, 0.3) is 0 Å². The summed E-state index contributed by atoms with van der Waals surface area (Å²) in [5.74, 6) is 1.41. The summed E-state index contributed by atoms with van der Waals surface area (Å²) in [6.07, 6.45) is 0.917. The minimum atomic E-state index is -0.0502. The molecule has 3 rings (SSSR count). The zero-order valence-corrected chi connectivity index (χ0v) is 18.7. The van der Waals surface area contributed by atoms with Gasteiger partial charge < -0.3 is 29.3 Å². The fourth-order valence-corrected chi connectivity index (χ4v) is 3.63. The first-order chi connectivity index (χ1) is 15.1. The van der Waals surface area contributed by atoms with Crippen LogP contribution in [0.3, 0.4) is 0 Å². The third kappa shape index (κ3) is 6.60. The standard InChI is InChI=1S/C24H33N3O4/c1-26(13-15-29-2)12-7-14-31-22-11-10-19(16-23(22)30-3)17-27-18-21(25-24(27)28)20-8-5-4-6-9-20/h4-6,8-11,16,21H,7,12-15,17-18H2,1-3H3,(H,25,28)/t21-/m1/s1. The molecule has 1 saturated heterocycles. The van der Waals surface area contributed by atoms with Crippen LogP contribution in [0, 0.1) is 0 Å². The van der Waals surface area contributed by atoms with Gasteiger partial charge in [-0.05, 0) is 36.7 Å². The first-order valence-electron chi connectivity index (χ1n) is 10.7. The summed E-state index contributed by atoms with van der Waals surface area (Å²) in [5.41, 5.74) is 2.12. The molecule has 1 fully saturated rings. The fraction of sp³-hybridized carbons (Fsp3) is 0.458. The van der Waals surface area contributed by atoms with E-state index in [0.29, 0.717) is 25.4 Å². The van der Waals surface area contributed by atoms with E-state index in [4.69, 9.17) is 14.2 Å². The van der Waals surface area contributed by atoms with Crippen molar-refractivity contribution in [1.29, 1.82) is 0 Å². The maximum atomic E-state index is 12.4. The van der Waals surface area contributed by atoms with Gasteiger partial charge in [-0.25, -0.2) is 4.79 Å². The van der Waals surface area contributed by atoms with E-state index in [2.05, 4.69) is 17.3 Å². The van der Waals surface area contributed by atoms with Crippen molar-refractivity contribution in [3.05, 3.63) is 59.7 Å². The second kappa shape index (κ2) is 11.6. The summed E-state index contributed by atoms with van der Waals surface area (Å²) < 4.78 is 16.6. The highest BCUT2D eigenvalue weighted by Gasteiger charge is 2.29. The molecule has 1 aliphatic heterocycles. The number of likely N-dealkylation sites (N-methyl/N-ethyl adjacent to an activating group) is 1. The molecule has 2 amide bonds. The summed E-state index contributed by atoms with van der Waals surface area (Å²) in [4.78, 5) is 16.5. The topological polar surface area (TPSA) is 63.3 Å². The number of rotatable bonds is 12.